The highest BCUT2D eigenvalue weighted by Gasteiger charge is 2.13. The first-order chi connectivity index (χ1) is 14.9. The maximum absolute atomic E-state index is 6.38. The van der Waals surface area contributed by atoms with Gasteiger partial charge in [-0.1, -0.05) is 6.07 Å². The molecule has 0 aliphatic rings. The Morgan fingerprint density at radius 2 is 1.32 bits per heavy atom. The van der Waals surface area contributed by atoms with Crippen molar-refractivity contribution in [2.45, 2.75) is 25.9 Å². The lowest BCUT2D eigenvalue weighted by molar-refractivity contribution is 0.227. The van der Waals surface area contributed by atoms with Gasteiger partial charge in [0.15, 0.2) is 0 Å². The molecule has 2 N–H and O–H groups in total. The zero-order valence-electron chi connectivity index (χ0n) is 19.3. The van der Waals surface area contributed by atoms with E-state index >= 15 is 0 Å². The van der Waals surface area contributed by atoms with Crippen molar-refractivity contribution in [2.75, 3.05) is 41.3 Å². The van der Waals surface area contributed by atoms with E-state index in [0.717, 1.165) is 37.2 Å². The van der Waals surface area contributed by atoms with Crippen LogP contribution in [0.1, 0.15) is 29.7 Å². The Morgan fingerprint density at radius 1 is 0.774 bits per heavy atom. The molecule has 5 nitrogen and oxygen atoms in total. The fraction of sp³-hybridized carbons (Fsp3) is 0.385. The Morgan fingerprint density at radius 3 is 1.90 bits per heavy atom. The molecule has 164 valence electrons. The second-order valence-corrected chi connectivity index (χ2v) is 9.01. The Bertz CT molecular complexity index is 1150. The number of nitrogens with zero attached hydrogens (tertiary/aromatic N) is 2. The Hall–Kier alpha value is -2.76. The molecule has 1 unspecified atom stereocenters. The van der Waals surface area contributed by atoms with Gasteiger partial charge < -0.3 is 24.5 Å². The number of fused-ring (bicyclic) bond motifs is 2. The summed E-state index contributed by atoms with van der Waals surface area (Å²) in [5, 5.41) is 2.54. The summed E-state index contributed by atoms with van der Waals surface area (Å²) in [6, 6.07) is 13.0. The van der Waals surface area contributed by atoms with E-state index in [2.05, 4.69) is 104 Å². The second-order valence-electron chi connectivity index (χ2n) is 9.01. The number of nitrogens with one attached hydrogen (secondary N) is 2. The highest BCUT2D eigenvalue weighted by Crippen LogP contribution is 2.29. The van der Waals surface area contributed by atoms with Crippen LogP contribution in [0.3, 0.4) is 0 Å². The summed E-state index contributed by atoms with van der Waals surface area (Å²) in [5.74, 6) is 0.910. The topological polar surface area (TPSA) is 47.3 Å². The van der Waals surface area contributed by atoms with Crippen molar-refractivity contribution in [3.05, 3.63) is 65.5 Å². The van der Waals surface area contributed by atoms with E-state index in [0.29, 0.717) is 0 Å². The van der Waals surface area contributed by atoms with E-state index in [-0.39, 0.29) is 6.10 Å². The lowest BCUT2D eigenvalue weighted by Crippen LogP contribution is -2.14. The zero-order chi connectivity index (χ0) is 22.0. The number of hydrogen-bond donors (Lipinski definition) is 2. The molecule has 0 saturated carbocycles. The van der Waals surface area contributed by atoms with Crippen molar-refractivity contribution in [3.63, 3.8) is 0 Å². The normalized spacial score (nSPS) is 13.0. The van der Waals surface area contributed by atoms with Crippen LogP contribution in [0.15, 0.2) is 48.8 Å². The fourth-order valence-corrected chi connectivity index (χ4v) is 4.05. The predicted molar refractivity (Wildman–Crippen MR) is 130 cm³/mol. The van der Waals surface area contributed by atoms with Crippen LogP contribution in [0.2, 0.25) is 0 Å². The number of H-pyrrole nitrogens is 2. The average Bonchev–Trinajstić information content (AvgIpc) is 3.33. The quantitative estimate of drug-likeness (QED) is 0.402. The first-order valence-corrected chi connectivity index (χ1v) is 11.1. The summed E-state index contributed by atoms with van der Waals surface area (Å²) in [7, 11) is 8.45. The highest BCUT2D eigenvalue weighted by atomic mass is 16.5. The van der Waals surface area contributed by atoms with Gasteiger partial charge in [0.25, 0.3) is 0 Å². The van der Waals surface area contributed by atoms with Crippen molar-refractivity contribution in [2.24, 2.45) is 0 Å². The lowest BCUT2D eigenvalue weighted by atomic mass is 10.0. The summed E-state index contributed by atoms with van der Waals surface area (Å²) < 4.78 is 6.38. The van der Waals surface area contributed by atoms with Gasteiger partial charge in [-0.3, -0.25) is 0 Å². The largest absolute Gasteiger partial charge is 0.486 e. The molecular weight excluding hydrogens is 384 g/mol. The Labute approximate surface area is 185 Å². The number of rotatable bonds is 9. The molecule has 2 aromatic heterocycles. The summed E-state index contributed by atoms with van der Waals surface area (Å²) in [5.41, 5.74) is 6.23. The first-order valence-electron chi connectivity index (χ1n) is 11.1. The Kier molecular flexibility index (Phi) is 6.35. The SMILES string of the molecule is CC(Oc1ccc2[nH]cc(CCN(C)C)c2c1)c1ccc2[nH]cc(CCN(C)C)c2c1. The zero-order valence-corrected chi connectivity index (χ0v) is 19.3. The van der Waals surface area contributed by atoms with Crippen molar-refractivity contribution in [1.82, 2.24) is 19.8 Å². The van der Waals surface area contributed by atoms with Gasteiger partial charge in [0, 0.05) is 47.3 Å². The van der Waals surface area contributed by atoms with E-state index < -0.39 is 0 Å². The third-order valence-electron chi connectivity index (χ3n) is 5.97. The van der Waals surface area contributed by atoms with Gasteiger partial charge in [0.2, 0.25) is 0 Å². The van der Waals surface area contributed by atoms with Crippen LogP contribution >= 0.6 is 0 Å². The number of ether oxygens (including phenoxy) is 1. The van der Waals surface area contributed by atoms with Crippen LogP contribution in [0.4, 0.5) is 0 Å². The van der Waals surface area contributed by atoms with Crippen LogP contribution in [-0.2, 0) is 12.8 Å². The highest BCUT2D eigenvalue weighted by molar-refractivity contribution is 5.85. The van der Waals surface area contributed by atoms with E-state index in [1.54, 1.807) is 0 Å². The number of aromatic nitrogens is 2. The minimum atomic E-state index is -0.0254. The van der Waals surface area contributed by atoms with Crippen molar-refractivity contribution < 1.29 is 4.74 Å². The molecule has 2 heterocycles. The Balaban J connectivity index is 1.54. The molecule has 4 aromatic rings. The number of aromatic amines is 2. The van der Waals surface area contributed by atoms with Crippen LogP contribution < -0.4 is 4.74 Å². The molecule has 0 bridgehead atoms. The van der Waals surface area contributed by atoms with Crippen LogP contribution in [0.5, 0.6) is 5.75 Å². The minimum Gasteiger partial charge on any atom is -0.486 e. The summed E-state index contributed by atoms with van der Waals surface area (Å²) in [6.45, 7) is 4.19. The number of hydrogen-bond acceptors (Lipinski definition) is 3. The van der Waals surface area contributed by atoms with Gasteiger partial charge in [-0.2, -0.15) is 0 Å². The van der Waals surface area contributed by atoms with E-state index in [9.17, 15) is 0 Å². The van der Waals surface area contributed by atoms with Crippen LogP contribution in [-0.4, -0.2) is 61.0 Å². The first kappa shape index (κ1) is 21.5. The van der Waals surface area contributed by atoms with Crippen LogP contribution in [0.25, 0.3) is 21.8 Å². The van der Waals surface area contributed by atoms with Gasteiger partial charge >= 0.3 is 0 Å². The van der Waals surface area contributed by atoms with Crippen molar-refractivity contribution >= 4 is 21.8 Å². The summed E-state index contributed by atoms with van der Waals surface area (Å²) in [4.78, 5) is 11.2. The molecule has 0 aliphatic carbocycles. The number of likely N-dealkylation sites (N-methyl/N-ethyl adjacent to an activating group) is 2. The fourth-order valence-electron chi connectivity index (χ4n) is 4.05. The van der Waals surface area contributed by atoms with E-state index in [1.165, 1.54) is 33.0 Å². The second kappa shape index (κ2) is 9.16. The van der Waals surface area contributed by atoms with Crippen molar-refractivity contribution in [3.8, 4) is 5.75 Å². The smallest absolute Gasteiger partial charge is 0.121 e. The van der Waals surface area contributed by atoms with Gasteiger partial charge in [0.05, 0.1) is 0 Å². The molecule has 4 rings (SSSR count). The standard InChI is InChI=1S/C26H34N4O/c1-18(19-6-8-25-23(14-19)20(16-27-25)10-12-29(2)3)31-22-7-9-26-24(15-22)21(17-28-26)11-13-30(4)5/h6-9,14-18,27-28H,10-13H2,1-5H3. The number of benzene rings is 2. The van der Waals surface area contributed by atoms with E-state index in [4.69, 9.17) is 4.74 Å². The molecule has 0 aliphatic heterocycles. The van der Waals surface area contributed by atoms with Gasteiger partial charge in [0.1, 0.15) is 11.9 Å². The maximum Gasteiger partial charge on any atom is 0.121 e. The molecular formula is C26H34N4O. The molecule has 0 fully saturated rings. The van der Waals surface area contributed by atoms with Gasteiger partial charge in [-0.25, -0.2) is 0 Å². The summed E-state index contributed by atoms with van der Waals surface area (Å²) in [6.07, 6.45) is 6.29. The molecule has 5 heteroatoms. The molecule has 0 saturated heterocycles. The molecule has 0 spiro atoms. The van der Waals surface area contributed by atoms with Gasteiger partial charge in [-0.05, 0) is 95.0 Å². The van der Waals surface area contributed by atoms with E-state index in [1.807, 2.05) is 0 Å². The third kappa shape index (κ3) is 4.94. The van der Waals surface area contributed by atoms with Gasteiger partial charge in [-0.15, -0.1) is 0 Å². The maximum atomic E-state index is 6.38. The monoisotopic (exact) mass is 418 g/mol. The molecule has 0 radical (unpaired) electrons. The molecule has 1 atom stereocenters. The average molecular weight is 419 g/mol. The van der Waals surface area contributed by atoms with Crippen LogP contribution in [0, 0.1) is 0 Å². The third-order valence-corrected chi connectivity index (χ3v) is 5.97. The lowest BCUT2D eigenvalue weighted by Gasteiger charge is -2.16. The molecule has 0 amide bonds. The van der Waals surface area contributed by atoms with Crippen molar-refractivity contribution in [1.29, 1.82) is 0 Å². The summed E-state index contributed by atoms with van der Waals surface area (Å²) >= 11 is 0. The minimum absolute atomic E-state index is 0.0254. The molecule has 2 aromatic carbocycles. The molecule has 31 heavy (non-hydrogen) atoms. The predicted octanol–water partition coefficient (Wildman–Crippen LogP) is 5.00.